The summed E-state index contributed by atoms with van der Waals surface area (Å²) in [6.45, 7) is 4.49. The molecule has 0 fully saturated rings. The zero-order valence-corrected chi connectivity index (χ0v) is 11.0. The number of hydrogen-bond acceptors (Lipinski definition) is 0. The van der Waals surface area contributed by atoms with Crippen LogP contribution in [0.5, 0.6) is 0 Å². The Morgan fingerprint density at radius 1 is 0.812 bits per heavy atom. The topological polar surface area (TPSA) is 0 Å². The third kappa shape index (κ3) is 5.34. The Morgan fingerprint density at radius 3 is 2.12 bits per heavy atom. The van der Waals surface area contributed by atoms with Gasteiger partial charge in [-0.25, -0.2) is 0 Å². The van der Waals surface area contributed by atoms with Crippen molar-refractivity contribution in [3.63, 3.8) is 0 Å². The van der Waals surface area contributed by atoms with Gasteiger partial charge in [-0.05, 0) is 30.9 Å². The van der Waals surface area contributed by atoms with Crippen LogP contribution in [0.1, 0.15) is 63.0 Å². The lowest BCUT2D eigenvalue weighted by molar-refractivity contribution is 0.589. The van der Waals surface area contributed by atoms with Crippen molar-refractivity contribution in [3.05, 3.63) is 35.4 Å². The molecule has 0 heteroatoms. The highest BCUT2D eigenvalue weighted by molar-refractivity contribution is 5.25. The normalized spacial score (nSPS) is 10.6. The first kappa shape index (κ1) is 13.3. The predicted molar refractivity (Wildman–Crippen MR) is 72.9 cm³/mol. The summed E-state index contributed by atoms with van der Waals surface area (Å²) >= 11 is 0. The third-order valence-electron chi connectivity index (χ3n) is 3.31. The fourth-order valence-electron chi connectivity index (χ4n) is 2.16. The molecule has 1 rings (SSSR count). The van der Waals surface area contributed by atoms with Crippen molar-refractivity contribution in [2.24, 2.45) is 0 Å². The summed E-state index contributed by atoms with van der Waals surface area (Å²) in [6.07, 6.45) is 11.1. The highest BCUT2D eigenvalue weighted by atomic mass is 14.0. The van der Waals surface area contributed by atoms with Gasteiger partial charge in [-0.1, -0.05) is 69.7 Å². The van der Waals surface area contributed by atoms with Gasteiger partial charge in [0, 0.05) is 0 Å². The smallest absolute Gasteiger partial charge is 0.0276 e. The molecule has 0 aromatic heterocycles. The number of aryl methyl sites for hydroxylation is 2. The second-order valence-electron chi connectivity index (χ2n) is 4.80. The van der Waals surface area contributed by atoms with Crippen LogP contribution in [0, 0.1) is 6.92 Å². The number of unbranched alkanes of at least 4 members (excludes halogenated alkanes) is 6. The van der Waals surface area contributed by atoms with E-state index in [2.05, 4.69) is 38.1 Å². The van der Waals surface area contributed by atoms with Gasteiger partial charge in [-0.2, -0.15) is 0 Å². The van der Waals surface area contributed by atoms with Crippen molar-refractivity contribution < 1.29 is 0 Å². The van der Waals surface area contributed by atoms with E-state index in [0.29, 0.717) is 0 Å². The Balaban J connectivity index is 2.05. The summed E-state index contributed by atoms with van der Waals surface area (Å²) in [6, 6.07) is 8.77. The van der Waals surface area contributed by atoms with Gasteiger partial charge in [-0.15, -0.1) is 0 Å². The van der Waals surface area contributed by atoms with Crippen LogP contribution in [0.25, 0.3) is 0 Å². The molecule has 0 radical (unpaired) electrons. The minimum absolute atomic E-state index is 1.26. The summed E-state index contributed by atoms with van der Waals surface area (Å²) < 4.78 is 0. The van der Waals surface area contributed by atoms with Gasteiger partial charge in [0.05, 0.1) is 0 Å². The van der Waals surface area contributed by atoms with Crippen molar-refractivity contribution in [1.29, 1.82) is 0 Å². The van der Waals surface area contributed by atoms with Crippen molar-refractivity contribution in [2.75, 3.05) is 0 Å². The van der Waals surface area contributed by atoms with Crippen LogP contribution < -0.4 is 0 Å². The number of hydrogen-bond donors (Lipinski definition) is 0. The molecule has 0 bridgehead atoms. The predicted octanol–water partition coefficient (Wildman–Crippen LogP) is 5.29. The molecule has 16 heavy (non-hydrogen) atoms. The molecule has 0 heterocycles. The van der Waals surface area contributed by atoms with Gasteiger partial charge in [0.15, 0.2) is 0 Å². The van der Waals surface area contributed by atoms with E-state index in [0.717, 1.165) is 0 Å². The van der Waals surface area contributed by atoms with Crippen molar-refractivity contribution >= 4 is 0 Å². The Hall–Kier alpha value is -0.780. The monoisotopic (exact) mass is 218 g/mol. The summed E-state index contributed by atoms with van der Waals surface area (Å²) in [5.74, 6) is 0. The Bertz CT molecular complexity index is 275. The molecule has 1 aromatic carbocycles. The Labute approximate surface area is 101 Å². The fourth-order valence-corrected chi connectivity index (χ4v) is 2.16. The van der Waals surface area contributed by atoms with Crippen LogP contribution in [0.3, 0.4) is 0 Å². The molecule has 0 aliphatic rings. The zero-order valence-electron chi connectivity index (χ0n) is 11.0. The third-order valence-corrected chi connectivity index (χ3v) is 3.31. The fraction of sp³-hybridized carbons (Fsp3) is 0.625. The zero-order chi connectivity index (χ0) is 11.6. The van der Waals surface area contributed by atoms with Crippen molar-refractivity contribution in [2.45, 2.75) is 65.2 Å². The second-order valence-corrected chi connectivity index (χ2v) is 4.80. The number of benzene rings is 1. The van der Waals surface area contributed by atoms with E-state index in [1.165, 1.54) is 62.5 Å². The van der Waals surface area contributed by atoms with Gasteiger partial charge < -0.3 is 0 Å². The number of rotatable bonds is 8. The van der Waals surface area contributed by atoms with E-state index in [9.17, 15) is 0 Å². The molecule has 0 atom stereocenters. The highest BCUT2D eigenvalue weighted by Crippen LogP contribution is 2.13. The van der Waals surface area contributed by atoms with E-state index in [4.69, 9.17) is 0 Å². The maximum absolute atomic E-state index is 2.28. The van der Waals surface area contributed by atoms with Gasteiger partial charge >= 0.3 is 0 Å². The molecule has 0 N–H and O–H groups in total. The lowest BCUT2D eigenvalue weighted by Crippen LogP contribution is -1.89. The summed E-state index contributed by atoms with van der Waals surface area (Å²) in [5, 5.41) is 0. The molecule has 0 amide bonds. The molecule has 0 spiro atoms. The summed E-state index contributed by atoms with van der Waals surface area (Å²) in [7, 11) is 0. The molecule has 0 unspecified atom stereocenters. The standard InChI is InChI=1S/C16H26/c1-3-4-5-6-7-8-9-13-16-14-11-10-12-15(16)2/h10-12,14H,3-9,13H2,1-2H3. The van der Waals surface area contributed by atoms with Crippen LogP contribution >= 0.6 is 0 Å². The van der Waals surface area contributed by atoms with Crippen molar-refractivity contribution in [1.82, 2.24) is 0 Å². The second kappa shape index (κ2) is 8.38. The minimum atomic E-state index is 1.26. The van der Waals surface area contributed by atoms with E-state index >= 15 is 0 Å². The molecule has 0 nitrogen and oxygen atoms in total. The Kier molecular flexibility index (Phi) is 6.96. The molecule has 0 saturated heterocycles. The van der Waals surface area contributed by atoms with Gasteiger partial charge in [0.2, 0.25) is 0 Å². The lowest BCUT2D eigenvalue weighted by Gasteiger charge is -2.05. The molecule has 1 aromatic rings. The summed E-state index contributed by atoms with van der Waals surface area (Å²) in [4.78, 5) is 0. The molecular weight excluding hydrogens is 192 g/mol. The first-order chi connectivity index (χ1) is 7.84. The van der Waals surface area contributed by atoms with Crippen molar-refractivity contribution in [3.8, 4) is 0 Å². The maximum Gasteiger partial charge on any atom is -0.0276 e. The van der Waals surface area contributed by atoms with Crippen LogP contribution in [0.15, 0.2) is 24.3 Å². The largest absolute Gasteiger partial charge is 0.0654 e. The highest BCUT2D eigenvalue weighted by Gasteiger charge is 1.96. The van der Waals surface area contributed by atoms with Crippen LogP contribution in [-0.4, -0.2) is 0 Å². The van der Waals surface area contributed by atoms with Gasteiger partial charge in [0.25, 0.3) is 0 Å². The first-order valence-electron chi connectivity index (χ1n) is 6.89. The first-order valence-corrected chi connectivity index (χ1v) is 6.89. The molecule has 0 aliphatic carbocycles. The molecule has 0 saturated carbocycles. The van der Waals surface area contributed by atoms with Crippen LogP contribution in [-0.2, 0) is 6.42 Å². The SMILES string of the molecule is CCCCCCCCCc1ccccc1C. The van der Waals surface area contributed by atoms with E-state index < -0.39 is 0 Å². The average molecular weight is 218 g/mol. The van der Waals surface area contributed by atoms with E-state index in [1.54, 1.807) is 0 Å². The minimum Gasteiger partial charge on any atom is -0.0654 e. The van der Waals surface area contributed by atoms with Crippen LogP contribution in [0.4, 0.5) is 0 Å². The van der Waals surface area contributed by atoms with E-state index in [-0.39, 0.29) is 0 Å². The van der Waals surface area contributed by atoms with E-state index in [1.807, 2.05) is 0 Å². The molecule has 0 aliphatic heterocycles. The summed E-state index contributed by atoms with van der Waals surface area (Å²) in [5.41, 5.74) is 2.99. The molecule has 90 valence electrons. The molecular formula is C16H26. The van der Waals surface area contributed by atoms with Gasteiger partial charge in [-0.3, -0.25) is 0 Å². The Morgan fingerprint density at radius 2 is 1.44 bits per heavy atom. The maximum atomic E-state index is 2.28. The average Bonchev–Trinajstić information content (AvgIpc) is 2.30. The van der Waals surface area contributed by atoms with Gasteiger partial charge in [0.1, 0.15) is 0 Å². The quantitative estimate of drug-likeness (QED) is 0.520. The lowest BCUT2D eigenvalue weighted by atomic mass is 10.0. The van der Waals surface area contributed by atoms with Crippen LogP contribution in [0.2, 0.25) is 0 Å².